The summed E-state index contributed by atoms with van der Waals surface area (Å²) in [6.07, 6.45) is 0.746. The van der Waals surface area contributed by atoms with Crippen LogP contribution in [0.15, 0.2) is 36.4 Å². The number of benzene rings is 2. The third-order valence-electron chi connectivity index (χ3n) is 5.87. The highest BCUT2D eigenvalue weighted by molar-refractivity contribution is 7.88. The molecule has 1 aliphatic heterocycles. The summed E-state index contributed by atoms with van der Waals surface area (Å²) in [5.74, 6) is -0.352. The van der Waals surface area contributed by atoms with Gasteiger partial charge in [-0.1, -0.05) is 17.7 Å². The van der Waals surface area contributed by atoms with Gasteiger partial charge in [0.05, 0.1) is 26.0 Å². The van der Waals surface area contributed by atoms with E-state index < -0.39 is 21.6 Å². The van der Waals surface area contributed by atoms with E-state index in [-0.39, 0.29) is 41.5 Å². The molecule has 0 spiro atoms. The Hall–Kier alpha value is -2.36. The van der Waals surface area contributed by atoms with Gasteiger partial charge in [0.1, 0.15) is 17.3 Å². The number of amides is 1. The third kappa shape index (κ3) is 5.96. The minimum absolute atomic E-state index is 0.0416. The Balaban J connectivity index is 1.61. The van der Waals surface area contributed by atoms with Gasteiger partial charge in [-0.25, -0.2) is 17.1 Å². The number of sulfonamides is 1. The average Bonchev–Trinajstić information content (AvgIpc) is 2.81. The molecule has 2 aromatic carbocycles. The van der Waals surface area contributed by atoms with E-state index in [1.165, 1.54) is 22.5 Å². The summed E-state index contributed by atoms with van der Waals surface area (Å²) < 4.78 is 51.6. The first-order valence-corrected chi connectivity index (χ1v) is 12.6. The molecule has 33 heavy (non-hydrogen) atoms. The SMILES string of the molecule is COc1ccc(OC)c([C@@H](C)NC(=O)C2CCN(S(=O)(=O)Cc3c(F)cccc3Cl)CC2)c1. The normalized spacial score (nSPS) is 16.3. The maximum atomic E-state index is 14.0. The fourth-order valence-electron chi connectivity index (χ4n) is 3.93. The van der Waals surface area contributed by atoms with Crippen molar-refractivity contribution in [3.8, 4) is 11.5 Å². The van der Waals surface area contributed by atoms with Crippen molar-refractivity contribution in [2.75, 3.05) is 27.3 Å². The lowest BCUT2D eigenvalue weighted by Gasteiger charge is -2.31. The van der Waals surface area contributed by atoms with Gasteiger partial charge < -0.3 is 14.8 Å². The van der Waals surface area contributed by atoms with Crippen molar-refractivity contribution in [2.24, 2.45) is 5.92 Å². The smallest absolute Gasteiger partial charge is 0.223 e. The first-order chi connectivity index (χ1) is 15.7. The number of ether oxygens (including phenoxy) is 2. The monoisotopic (exact) mass is 498 g/mol. The summed E-state index contributed by atoms with van der Waals surface area (Å²) in [6.45, 7) is 2.22. The Morgan fingerprint density at radius 3 is 2.52 bits per heavy atom. The first kappa shape index (κ1) is 25.3. The molecule has 0 radical (unpaired) electrons. The number of nitrogens with zero attached hydrogens (tertiary/aromatic N) is 1. The molecule has 1 N–H and O–H groups in total. The minimum atomic E-state index is -3.77. The Morgan fingerprint density at radius 2 is 1.91 bits per heavy atom. The fourth-order valence-corrected chi connectivity index (χ4v) is 5.84. The van der Waals surface area contributed by atoms with Crippen LogP contribution in [0.4, 0.5) is 4.39 Å². The van der Waals surface area contributed by atoms with Crippen LogP contribution in [0.2, 0.25) is 5.02 Å². The molecule has 1 saturated heterocycles. The summed E-state index contributed by atoms with van der Waals surface area (Å²) in [5.41, 5.74) is 0.743. The number of methoxy groups -OCH3 is 2. The summed E-state index contributed by atoms with van der Waals surface area (Å²) in [6, 6.07) is 9.12. The van der Waals surface area contributed by atoms with Gasteiger partial charge in [0.2, 0.25) is 15.9 Å². The van der Waals surface area contributed by atoms with Gasteiger partial charge in [-0.2, -0.15) is 0 Å². The number of hydrogen-bond acceptors (Lipinski definition) is 5. The van der Waals surface area contributed by atoms with Crippen LogP contribution >= 0.6 is 11.6 Å². The van der Waals surface area contributed by atoms with Gasteiger partial charge >= 0.3 is 0 Å². The number of halogens is 2. The minimum Gasteiger partial charge on any atom is -0.497 e. The van der Waals surface area contributed by atoms with E-state index in [4.69, 9.17) is 21.1 Å². The van der Waals surface area contributed by atoms with Crippen molar-refractivity contribution < 1.29 is 27.1 Å². The van der Waals surface area contributed by atoms with Gasteiger partial charge in [0.25, 0.3) is 0 Å². The van der Waals surface area contributed by atoms with Gasteiger partial charge in [-0.15, -0.1) is 0 Å². The molecule has 0 saturated carbocycles. The third-order valence-corrected chi connectivity index (χ3v) is 8.03. The van der Waals surface area contributed by atoms with Crippen molar-refractivity contribution in [1.82, 2.24) is 9.62 Å². The van der Waals surface area contributed by atoms with Gasteiger partial charge in [-0.3, -0.25) is 4.79 Å². The topological polar surface area (TPSA) is 84.9 Å². The van der Waals surface area contributed by atoms with Gasteiger partial charge in [0.15, 0.2) is 0 Å². The molecule has 1 heterocycles. The molecule has 1 fully saturated rings. The summed E-state index contributed by atoms with van der Waals surface area (Å²) in [5, 5.41) is 3.07. The van der Waals surface area contributed by atoms with Crippen LogP contribution in [0.3, 0.4) is 0 Å². The molecule has 1 aliphatic rings. The van der Waals surface area contributed by atoms with E-state index in [1.54, 1.807) is 26.4 Å². The number of hydrogen-bond donors (Lipinski definition) is 1. The molecule has 0 bridgehead atoms. The molecule has 1 atom stereocenters. The van der Waals surface area contributed by atoms with Crippen molar-refractivity contribution in [2.45, 2.75) is 31.6 Å². The number of carbonyl (C=O) groups excluding carboxylic acids is 1. The van der Waals surface area contributed by atoms with E-state index in [2.05, 4.69) is 5.32 Å². The molecular formula is C23H28ClFN2O5S. The van der Waals surface area contributed by atoms with Crippen LogP contribution < -0.4 is 14.8 Å². The van der Waals surface area contributed by atoms with Crippen LogP contribution in [-0.2, 0) is 20.6 Å². The molecule has 2 aromatic rings. The number of nitrogens with one attached hydrogen (secondary N) is 1. The predicted octanol–water partition coefficient (Wildman–Crippen LogP) is 3.92. The van der Waals surface area contributed by atoms with Crippen LogP contribution in [0.1, 0.15) is 36.9 Å². The maximum absolute atomic E-state index is 14.0. The molecule has 10 heteroatoms. The average molecular weight is 499 g/mol. The molecule has 7 nitrogen and oxygen atoms in total. The molecule has 0 aromatic heterocycles. The van der Waals surface area contributed by atoms with E-state index >= 15 is 0 Å². The lowest BCUT2D eigenvalue weighted by atomic mass is 9.96. The second-order valence-corrected chi connectivity index (χ2v) is 10.3. The quantitative estimate of drug-likeness (QED) is 0.596. The van der Waals surface area contributed by atoms with Crippen molar-refractivity contribution >= 4 is 27.5 Å². The van der Waals surface area contributed by atoms with Crippen LogP contribution in [-0.4, -0.2) is 45.9 Å². The van der Waals surface area contributed by atoms with E-state index in [0.717, 1.165) is 5.56 Å². The lowest BCUT2D eigenvalue weighted by molar-refractivity contribution is -0.126. The number of piperidine rings is 1. The number of carbonyl (C=O) groups is 1. The summed E-state index contributed by atoms with van der Waals surface area (Å²) >= 11 is 5.99. The van der Waals surface area contributed by atoms with E-state index in [0.29, 0.717) is 24.3 Å². The largest absolute Gasteiger partial charge is 0.497 e. The van der Waals surface area contributed by atoms with Crippen molar-refractivity contribution in [3.63, 3.8) is 0 Å². The zero-order valence-electron chi connectivity index (χ0n) is 18.8. The second kappa shape index (κ2) is 10.7. The summed E-state index contributed by atoms with van der Waals surface area (Å²) in [7, 11) is -0.640. The highest BCUT2D eigenvalue weighted by Gasteiger charge is 2.32. The molecule has 180 valence electrons. The molecule has 1 amide bonds. The van der Waals surface area contributed by atoms with Crippen LogP contribution in [0.5, 0.6) is 11.5 Å². The molecular weight excluding hydrogens is 471 g/mol. The Kier molecular flexibility index (Phi) is 8.20. The van der Waals surface area contributed by atoms with Crippen LogP contribution in [0.25, 0.3) is 0 Å². The summed E-state index contributed by atoms with van der Waals surface area (Å²) in [4.78, 5) is 12.9. The standard InChI is InChI=1S/C23H28ClFN2O5S/c1-15(18-13-17(31-2)7-8-22(18)32-3)26-23(28)16-9-11-27(12-10-16)33(29,30)14-19-20(24)5-4-6-21(19)25/h4-8,13,15-16H,9-12,14H2,1-3H3,(H,26,28)/t15-/m1/s1. The fraction of sp³-hybridized carbons (Fsp3) is 0.435. The molecule has 3 rings (SSSR count). The number of rotatable bonds is 8. The Morgan fingerprint density at radius 1 is 1.21 bits per heavy atom. The van der Waals surface area contributed by atoms with Crippen molar-refractivity contribution in [1.29, 1.82) is 0 Å². The molecule has 0 aliphatic carbocycles. The Bertz CT molecular complexity index is 1080. The highest BCUT2D eigenvalue weighted by atomic mass is 35.5. The van der Waals surface area contributed by atoms with E-state index in [9.17, 15) is 17.6 Å². The highest BCUT2D eigenvalue weighted by Crippen LogP contribution is 2.30. The van der Waals surface area contributed by atoms with Crippen molar-refractivity contribution in [3.05, 3.63) is 58.4 Å². The van der Waals surface area contributed by atoms with Crippen LogP contribution in [0, 0.1) is 11.7 Å². The second-order valence-electron chi connectivity index (χ2n) is 7.97. The maximum Gasteiger partial charge on any atom is 0.223 e. The lowest BCUT2D eigenvalue weighted by Crippen LogP contribution is -2.43. The Labute approximate surface area is 198 Å². The zero-order valence-corrected chi connectivity index (χ0v) is 20.4. The van der Waals surface area contributed by atoms with E-state index in [1.807, 2.05) is 13.0 Å². The zero-order chi connectivity index (χ0) is 24.2. The predicted molar refractivity (Wildman–Crippen MR) is 124 cm³/mol. The first-order valence-electron chi connectivity index (χ1n) is 10.6. The molecule has 0 unspecified atom stereocenters. The van der Waals surface area contributed by atoms with Gasteiger partial charge in [0, 0.05) is 35.2 Å². The van der Waals surface area contributed by atoms with Gasteiger partial charge in [-0.05, 0) is 50.1 Å².